The first kappa shape index (κ1) is 28.6. The molecule has 0 radical (unpaired) electrons. The summed E-state index contributed by atoms with van der Waals surface area (Å²) in [5.41, 5.74) is 1.60. The van der Waals surface area contributed by atoms with E-state index in [0.29, 0.717) is 41.4 Å². The molecule has 40 heavy (non-hydrogen) atoms. The van der Waals surface area contributed by atoms with Crippen LogP contribution in [0.3, 0.4) is 0 Å². The average Bonchev–Trinajstić information content (AvgIpc) is 3.62. The maximum atomic E-state index is 12.7. The zero-order valence-electron chi connectivity index (χ0n) is 21.7. The standard InChI is InChI=1S/C29H28F3N3O5/c1-38-28(37)25-16-24(11-8-21(25)4-2-3-14-35-15-13-33-26(35)17-36)39-18-23-19-40-27(34-23)12-7-20-5-9-22(10-6-20)29(30,31)32/h5-13,15-16,19,36H,2-4,14,17-18H2,1H3/b12-7+. The number of imidazole rings is 1. The Morgan fingerprint density at radius 1 is 1.12 bits per heavy atom. The average molecular weight is 556 g/mol. The van der Waals surface area contributed by atoms with E-state index in [2.05, 4.69) is 9.97 Å². The normalized spacial score (nSPS) is 11.7. The third-order valence-electron chi connectivity index (χ3n) is 6.14. The number of esters is 1. The summed E-state index contributed by atoms with van der Waals surface area (Å²) in [4.78, 5) is 20.8. The number of carbonyl (C=O) groups excluding carboxylic acids is 1. The Morgan fingerprint density at radius 2 is 1.93 bits per heavy atom. The summed E-state index contributed by atoms with van der Waals surface area (Å²) in [5.74, 6) is 0.881. The van der Waals surface area contributed by atoms with Crippen molar-refractivity contribution in [1.29, 1.82) is 0 Å². The van der Waals surface area contributed by atoms with Crippen LogP contribution < -0.4 is 4.74 Å². The quantitative estimate of drug-likeness (QED) is 0.171. The van der Waals surface area contributed by atoms with Gasteiger partial charge < -0.3 is 23.6 Å². The number of hydrogen-bond acceptors (Lipinski definition) is 7. The summed E-state index contributed by atoms with van der Waals surface area (Å²) in [6.45, 7) is 0.676. The van der Waals surface area contributed by atoms with Crippen LogP contribution in [0.25, 0.3) is 12.2 Å². The minimum Gasteiger partial charge on any atom is -0.487 e. The third-order valence-corrected chi connectivity index (χ3v) is 6.14. The smallest absolute Gasteiger partial charge is 0.416 e. The van der Waals surface area contributed by atoms with Crippen LogP contribution in [0.1, 0.15) is 57.3 Å². The van der Waals surface area contributed by atoms with E-state index in [1.54, 1.807) is 30.5 Å². The number of aryl methyl sites for hydroxylation is 2. The minimum atomic E-state index is -4.38. The number of hydrogen-bond donors (Lipinski definition) is 1. The Balaban J connectivity index is 1.32. The topological polar surface area (TPSA) is 99.6 Å². The Bertz CT molecular complexity index is 1440. The van der Waals surface area contributed by atoms with Crippen molar-refractivity contribution in [3.05, 3.63) is 101 Å². The van der Waals surface area contributed by atoms with Gasteiger partial charge in [0.25, 0.3) is 0 Å². The first-order valence-corrected chi connectivity index (χ1v) is 12.5. The SMILES string of the molecule is COC(=O)c1cc(OCc2coc(/C=C/c3ccc(C(F)(F)F)cc3)n2)ccc1CCCCn1ccnc1CO. The molecule has 0 aliphatic heterocycles. The van der Waals surface area contributed by atoms with Crippen molar-refractivity contribution < 1.29 is 37.0 Å². The lowest BCUT2D eigenvalue weighted by atomic mass is 10.0. The molecule has 2 aromatic carbocycles. The Kier molecular flexibility index (Phi) is 9.39. The van der Waals surface area contributed by atoms with Gasteiger partial charge in [-0.05, 0) is 60.7 Å². The number of oxazole rings is 1. The zero-order chi connectivity index (χ0) is 28.5. The maximum Gasteiger partial charge on any atom is 0.416 e. The highest BCUT2D eigenvalue weighted by Crippen LogP contribution is 2.29. The number of carbonyl (C=O) groups is 1. The van der Waals surface area contributed by atoms with Gasteiger partial charge in [0.05, 0.1) is 18.2 Å². The minimum absolute atomic E-state index is 0.0790. The molecule has 0 aliphatic rings. The fraction of sp³-hybridized carbons (Fsp3) is 0.276. The van der Waals surface area contributed by atoms with Crippen molar-refractivity contribution in [2.24, 2.45) is 0 Å². The number of unbranched alkanes of at least 4 members (excludes halogenated alkanes) is 1. The number of alkyl halides is 3. The molecule has 210 valence electrons. The monoisotopic (exact) mass is 555 g/mol. The van der Waals surface area contributed by atoms with Crippen molar-refractivity contribution in [2.75, 3.05) is 7.11 Å². The lowest BCUT2D eigenvalue weighted by Gasteiger charge is -2.12. The molecule has 11 heteroatoms. The molecule has 0 atom stereocenters. The number of halogens is 3. The van der Waals surface area contributed by atoms with E-state index in [0.717, 1.165) is 30.5 Å². The molecule has 0 aliphatic carbocycles. The largest absolute Gasteiger partial charge is 0.487 e. The molecule has 0 spiro atoms. The van der Waals surface area contributed by atoms with Gasteiger partial charge in [0, 0.05) is 25.0 Å². The molecule has 0 amide bonds. The molecular formula is C29H28F3N3O5. The van der Waals surface area contributed by atoms with E-state index in [1.807, 2.05) is 16.8 Å². The van der Waals surface area contributed by atoms with Gasteiger partial charge in [-0.3, -0.25) is 0 Å². The summed E-state index contributed by atoms with van der Waals surface area (Å²) in [7, 11) is 1.32. The van der Waals surface area contributed by atoms with Gasteiger partial charge in [-0.25, -0.2) is 14.8 Å². The second kappa shape index (κ2) is 13.1. The Labute approximate surface area is 228 Å². The van der Waals surface area contributed by atoms with Crippen LogP contribution >= 0.6 is 0 Å². The molecule has 2 aromatic heterocycles. The number of aromatic nitrogens is 3. The number of nitrogens with zero attached hydrogens (tertiary/aromatic N) is 3. The van der Waals surface area contributed by atoms with E-state index in [-0.39, 0.29) is 19.1 Å². The van der Waals surface area contributed by atoms with E-state index in [9.17, 15) is 23.1 Å². The second-order valence-electron chi connectivity index (χ2n) is 8.88. The number of methoxy groups -OCH3 is 1. The fourth-order valence-corrected chi connectivity index (χ4v) is 4.03. The number of rotatable bonds is 12. The number of aliphatic hydroxyl groups is 1. The van der Waals surface area contributed by atoms with E-state index < -0.39 is 17.7 Å². The van der Waals surface area contributed by atoms with Crippen molar-refractivity contribution in [3.63, 3.8) is 0 Å². The van der Waals surface area contributed by atoms with E-state index >= 15 is 0 Å². The summed E-state index contributed by atoms with van der Waals surface area (Å²) < 4.78 is 56.2. The molecular weight excluding hydrogens is 527 g/mol. The highest BCUT2D eigenvalue weighted by molar-refractivity contribution is 5.91. The predicted molar refractivity (Wildman–Crippen MR) is 140 cm³/mol. The van der Waals surface area contributed by atoms with E-state index in [4.69, 9.17) is 13.9 Å². The summed E-state index contributed by atoms with van der Waals surface area (Å²) >= 11 is 0. The van der Waals surface area contributed by atoms with Crippen LogP contribution in [0.2, 0.25) is 0 Å². The lowest BCUT2D eigenvalue weighted by Crippen LogP contribution is -2.08. The highest BCUT2D eigenvalue weighted by atomic mass is 19.4. The molecule has 0 saturated heterocycles. The van der Waals surface area contributed by atoms with Gasteiger partial charge in [-0.2, -0.15) is 13.2 Å². The summed E-state index contributed by atoms with van der Waals surface area (Å²) in [6, 6.07) is 9.98. The summed E-state index contributed by atoms with van der Waals surface area (Å²) in [5, 5.41) is 9.32. The first-order valence-electron chi connectivity index (χ1n) is 12.5. The third kappa shape index (κ3) is 7.60. The van der Waals surface area contributed by atoms with Crippen molar-refractivity contribution in [3.8, 4) is 5.75 Å². The molecule has 2 heterocycles. The molecule has 8 nitrogen and oxygen atoms in total. The van der Waals surface area contributed by atoms with Crippen LogP contribution in [0.4, 0.5) is 13.2 Å². The van der Waals surface area contributed by atoms with Gasteiger partial charge in [-0.15, -0.1) is 0 Å². The van der Waals surface area contributed by atoms with Crippen LogP contribution in [0.5, 0.6) is 5.75 Å². The van der Waals surface area contributed by atoms with E-state index in [1.165, 1.54) is 25.5 Å². The van der Waals surface area contributed by atoms with Crippen LogP contribution in [-0.4, -0.2) is 32.7 Å². The predicted octanol–water partition coefficient (Wildman–Crippen LogP) is 5.94. The first-order chi connectivity index (χ1) is 19.3. The molecule has 1 N–H and O–H groups in total. The van der Waals surface area contributed by atoms with Gasteiger partial charge in [0.15, 0.2) is 0 Å². The lowest BCUT2D eigenvalue weighted by molar-refractivity contribution is -0.137. The van der Waals surface area contributed by atoms with Crippen molar-refractivity contribution in [1.82, 2.24) is 14.5 Å². The Hall–Kier alpha value is -4.38. The van der Waals surface area contributed by atoms with Crippen molar-refractivity contribution >= 4 is 18.1 Å². The fourth-order valence-electron chi connectivity index (χ4n) is 4.03. The number of aliphatic hydroxyl groups excluding tert-OH is 1. The summed E-state index contributed by atoms with van der Waals surface area (Å²) in [6.07, 6.45) is 5.97. The molecule has 0 fully saturated rings. The van der Waals surface area contributed by atoms with Gasteiger partial charge in [-0.1, -0.05) is 18.2 Å². The van der Waals surface area contributed by atoms with Gasteiger partial charge in [0.2, 0.25) is 5.89 Å². The molecule has 4 rings (SSSR count). The van der Waals surface area contributed by atoms with Gasteiger partial charge >= 0.3 is 12.1 Å². The maximum absolute atomic E-state index is 12.7. The van der Waals surface area contributed by atoms with Gasteiger partial charge in [0.1, 0.15) is 36.7 Å². The molecule has 0 unspecified atom stereocenters. The zero-order valence-corrected chi connectivity index (χ0v) is 21.7. The molecule has 0 bridgehead atoms. The molecule has 4 aromatic rings. The number of ether oxygens (including phenoxy) is 2. The van der Waals surface area contributed by atoms with Crippen LogP contribution in [-0.2, 0) is 37.1 Å². The van der Waals surface area contributed by atoms with Crippen LogP contribution in [0, 0.1) is 0 Å². The molecule has 0 saturated carbocycles. The highest BCUT2D eigenvalue weighted by Gasteiger charge is 2.29. The Morgan fingerprint density at radius 3 is 2.65 bits per heavy atom. The van der Waals surface area contributed by atoms with Crippen molar-refractivity contribution in [2.45, 2.75) is 45.2 Å². The number of benzene rings is 2. The second-order valence-corrected chi connectivity index (χ2v) is 8.88. The van der Waals surface area contributed by atoms with Crippen LogP contribution in [0.15, 0.2) is 65.5 Å².